The van der Waals surface area contributed by atoms with E-state index in [0.717, 1.165) is 0 Å². The highest BCUT2D eigenvalue weighted by Gasteiger charge is 2.12. The van der Waals surface area contributed by atoms with Crippen LogP contribution in [0.3, 0.4) is 0 Å². The van der Waals surface area contributed by atoms with E-state index in [4.69, 9.17) is 16.2 Å². The van der Waals surface area contributed by atoms with Gasteiger partial charge in [-0.1, -0.05) is 0 Å². The minimum Gasteiger partial charge on any atom is -0.495 e. The Kier molecular flexibility index (Phi) is 2.65. The van der Waals surface area contributed by atoms with E-state index >= 15 is 0 Å². The summed E-state index contributed by atoms with van der Waals surface area (Å²) in [5, 5.41) is 3.95. The number of pyridine rings is 1. The Morgan fingerprint density at radius 1 is 1.47 bits per heavy atom. The molecule has 2 rings (SSSR count). The largest absolute Gasteiger partial charge is 0.495 e. The molecule has 0 aromatic carbocycles. The molecule has 0 saturated heterocycles. The second kappa shape index (κ2) is 4.12. The quantitative estimate of drug-likeness (QED) is 0.772. The fourth-order valence-corrected chi connectivity index (χ4v) is 1.32. The summed E-state index contributed by atoms with van der Waals surface area (Å²) in [7, 11) is 1.55. The molecule has 0 atom stereocenters. The van der Waals surface area contributed by atoms with Crippen LogP contribution in [0.2, 0.25) is 0 Å². The van der Waals surface area contributed by atoms with Crippen molar-refractivity contribution >= 4 is 11.6 Å². The van der Waals surface area contributed by atoms with Crippen LogP contribution in [0.4, 0.5) is 5.69 Å². The molecule has 0 aliphatic rings. The molecule has 2 heterocycles. The lowest BCUT2D eigenvalue weighted by atomic mass is 10.4. The molecule has 2 aromatic heterocycles. The summed E-state index contributed by atoms with van der Waals surface area (Å²) >= 11 is 0. The van der Waals surface area contributed by atoms with Crippen LogP contribution in [0.5, 0.6) is 5.75 Å². The highest BCUT2D eigenvalue weighted by molar-refractivity contribution is 5.95. The van der Waals surface area contributed by atoms with E-state index < -0.39 is 5.91 Å². The number of hydrogen-bond acceptors (Lipinski definition) is 5. The maximum absolute atomic E-state index is 11.0. The van der Waals surface area contributed by atoms with Gasteiger partial charge in [0, 0.05) is 0 Å². The molecular weight excluding hydrogens is 222 g/mol. The third kappa shape index (κ3) is 2.03. The number of nitrogens with two attached hydrogens (primary N) is 2. The van der Waals surface area contributed by atoms with Gasteiger partial charge in [0.05, 0.1) is 25.2 Å². The molecule has 1 amide bonds. The van der Waals surface area contributed by atoms with Gasteiger partial charge < -0.3 is 16.2 Å². The number of carbonyl (C=O) groups is 1. The number of carbonyl (C=O) groups excluding carboxylic acids is 1. The topological polar surface area (TPSA) is 109 Å². The minimum atomic E-state index is -0.672. The number of hydrogen-bond donors (Lipinski definition) is 2. The highest BCUT2D eigenvalue weighted by atomic mass is 16.5. The molecule has 0 bridgehead atoms. The summed E-state index contributed by atoms with van der Waals surface area (Å²) < 4.78 is 6.37. The van der Waals surface area contributed by atoms with E-state index in [-0.39, 0.29) is 11.4 Å². The smallest absolute Gasteiger partial charge is 0.271 e. The number of methoxy groups -OCH3 is 1. The van der Waals surface area contributed by atoms with E-state index in [9.17, 15) is 4.79 Å². The molecule has 17 heavy (non-hydrogen) atoms. The average Bonchev–Trinajstić information content (AvgIpc) is 2.71. The number of anilines is 1. The van der Waals surface area contributed by atoms with Gasteiger partial charge in [0.15, 0.2) is 11.5 Å². The van der Waals surface area contributed by atoms with Crippen molar-refractivity contribution in [2.24, 2.45) is 5.73 Å². The van der Waals surface area contributed by atoms with Gasteiger partial charge in [-0.25, -0.2) is 9.67 Å². The summed E-state index contributed by atoms with van der Waals surface area (Å²) in [6, 6.07) is 3.42. The Morgan fingerprint density at radius 2 is 2.24 bits per heavy atom. The first kappa shape index (κ1) is 10.9. The van der Waals surface area contributed by atoms with Gasteiger partial charge in [-0.05, 0) is 12.1 Å². The van der Waals surface area contributed by atoms with E-state index in [2.05, 4.69) is 10.1 Å². The van der Waals surface area contributed by atoms with Gasteiger partial charge in [-0.2, -0.15) is 5.10 Å². The number of amides is 1. The van der Waals surface area contributed by atoms with Gasteiger partial charge in [0.25, 0.3) is 5.91 Å². The molecule has 7 heteroatoms. The normalized spacial score (nSPS) is 10.2. The Bertz CT molecular complexity index is 546. The van der Waals surface area contributed by atoms with Gasteiger partial charge in [-0.3, -0.25) is 4.79 Å². The Balaban J connectivity index is 2.39. The van der Waals surface area contributed by atoms with Gasteiger partial charge >= 0.3 is 0 Å². The summed E-state index contributed by atoms with van der Waals surface area (Å²) in [5.74, 6) is 0.476. The second-order valence-corrected chi connectivity index (χ2v) is 3.30. The lowest BCUT2D eigenvalue weighted by molar-refractivity contribution is 0.0996. The molecule has 7 nitrogen and oxygen atoms in total. The zero-order chi connectivity index (χ0) is 12.4. The highest BCUT2D eigenvalue weighted by Crippen LogP contribution is 2.14. The monoisotopic (exact) mass is 233 g/mol. The maximum Gasteiger partial charge on any atom is 0.271 e. The Hall–Kier alpha value is -2.57. The van der Waals surface area contributed by atoms with E-state index in [0.29, 0.717) is 11.6 Å². The molecule has 0 aliphatic carbocycles. The van der Waals surface area contributed by atoms with E-state index in [1.54, 1.807) is 19.2 Å². The zero-order valence-electron chi connectivity index (χ0n) is 9.12. The van der Waals surface area contributed by atoms with Crippen molar-refractivity contribution in [3.63, 3.8) is 0 Å². The SMILES string of the molecule is COc1ccc(-n2cc(N)c(C(N)=O)n2)nc1. The van der Waals surface area contributed by atoms with Crippen LogP contribution in [0.25, 0.3) is 5.82 Å². The lowest BCUT2D eigenvalue weighted by Gasteiger charge is -2.01. The number of ether oxygens (including phenoxy) is 1. The molecule has 0 aliphatic heterocycles. The van der Waals surface area contributed by atoms with Crippen molar-refractivity contribution in [2.45, 2.75) is 0 Å². The predicted molar refractivity (Wildman–Crippen MR) is 60.8 cm³/mol. The molecule has 0 unspecified atom stereocenters. The van der Waals surface area contributed by atoms with Crippen LogP contribution in [0, 0.1) is 0 Å². The van der Waals surface area contributed by atoms with Crippen LogP contribution in [0.15, 0.2) is 24.5 Å². The van der Waals surface area contributed by atoms with Crippen LogP contribution in [0.1, 0.15) is 10.5 Å². The second-order valence-electron chi connectivity index (χ2n) is 3.30. The predicted octanol–water partition coefficient (Wildman–Crippen LogP) is -0.0430. The van der Waals surface area contributed by atoms with Gasteiger partial charge in [-0.15, -0.1) is 0 Å². The van der Waals surface area contributed by atoms with Crippen LogP contribution in [-0.4, -0.2) is 27.8 Å². The Labute approximate surface area is 97.0 Å². The van der Waals surface area contributed by atoms with E-state index in [1.807, 2.05) is 0 Å². The molecule has 0 saturated carbocycles. The first-order valence-corrected chi connectivity index (χ1v) is 4.77. The van der Waals surface area contributed by atoms with Crippen LogP contribution >= 0.6 is 0 Å². The first-order valence-electron chi connectivity index (χ1n) is 4.77. The minimum absolute atomic E-state index is 0.0302. The van der Waals surface area contributed by atoms with Gasteiger partial charge in [0.2, 0.25) is 0 Å². The molecular formula is C10H11N5O2. The van der Waals surface area contributed by atoms with Crippen LogP contribution in [-0.2, 0) is 0 Å². The maximum atomic E-state index is 11.0. The molecule has 0 fully saturated rings. The van der Waals surface area contributed by atoms with Crippen molar-refractivity contribution in [1.82, 2.24) is 14.8 Å². The number of rotatable bonds is 3. The number of nitrogens with zero attached hydrogens (tertiary/aromatic N) is 3. The fourth-order valence-electron chi connectivity index (χ4n) is 1.32. The summed E-state index contributed by atoms with van der Waals surface area (Å²) in [6.07, 6.45) is 3.02. The van der Waals surface area contributed by atoms with Crippen LogP contribution < -0.4 is 16.2 Å². The molecule has 0 spiro atoms. The molecule has 4 N–H and O–H groups in total. The number of nitrogen functional groups attached to an aromatic ring is 1. The number of primary amides is 1. The molecule has 88 valence electrons. The zero-order valence-corrected chi connectivity index (χ0v) is 9.12. The standard InChI is InChI=1S/C10H11N5O2/c1-17-6-2-3-8(13-4-6)15-5-7(11)9(14-15)10(12)16/h2-5H,11H2,1H3,(H2,12,16). The van der Waals surface area contributed by atoms with Crippen molar-refractivity contribution in [3.05, 3.63) is 30.2 Å². The van der Waals surface area contributed by atoms with Gasteiger partial charge in [0.1, 0.15) is 5.75 Å². The first-order chi connectivity index (χ1) is 8.11. The number of aromatic nitrogens is 3. The lowest BCUT2D eigenvalue weighted by Crippen LogP contribution is -2.14. The average molecular weight is 233 g/mol. The van der Waals surface area contributed by atoms with E-state index in [1.165, 1.54) is 17.1 Å². The molecule has 0 radical (unpaired) electrons. The summed E-state index contributed by atoms with van der Waals surface area (Å²) in [5.41, 5.74) is 11.0. The fraction of sp³-hybridized carbons (Fsp3) is 0.100. The summed E-state index contributed by atoms with van der Waals surface area (Å²) in [6.45, 7) is 0. The molecule has 2 aromatic rings. The van der Waals surface area contributed by atoms with Crippen molar-refractivity contribution in [2.75, 3.05) is 12.8 Å². The Morgan fingerprint density at radius 3 is 2.71 bits per heavy atom. The third-order valence-corrected chi connectivity index (χ3v) is 2.17. The third-order valence-electron chi connectivity index (χ3n) is 2.17. The van der Waals surface area contributed by atoms with Crippen molar-refractivity contribution < 1.29 is 9.53 Å². The summed E-state index contributed by atoms with van der Waals surface area (Å²) in [4.78, 5) is 15.1. The van der Waals surface area contributed by atoms with Crippen molar-refractivity contribution in [3.8, 4) is 11.6 Å². The van der Waals surface area contributed by atoms with Crippen molar-refractivity contribution in [1.29, 1.82) is 0 Å².